The third kappa shape index (κ3) is 2.81. The molecule has 0 radical (unpaired) electrons. The lowest BCUT2D eigenvalue weighted by molar-refractivity contribution is 0.103. The summed E-state index contributed by atoms with van der Waals surface area (Å²) in [4.78, 5) is 12.2. The van der Waals surface area contributed by atoms with Crippen molar-refractivity contribution in [2.24, 2.45) is 0 Å². The molecular weight excluding hydrogens is 318 g/mol. The van der Waals surface area contributed by atoms with Gasteiger partial charge >= 0.3 is 0 Å². The molecule has 2 aromatic rings. The number of hydrogen-bond donors (Lipinski definition) is 0. The van der Waals surface area contributed by atoms with Crippen LogP contribution in [-0.4, -0.2) is 12.9 Å². The van der Waals surface area contributed by atoms with E-state index in [9.17, 15) is 13.6 Å². The molecular formula is C14H9BrF2O2. The number of carbonyl (C=O) groups excluding carboxylic acids is 1. The quantitative estimate of drug-likeness (QED) is 0.798. The number of benzene rings is 2. The molecule has 0 amide bonds. The van der Waals surface area contributed by atoms with Crippen LogP contribution in [-0.2, 0) is 0 Å². The Labute approximate surface area is 117 Å². The van der Waals surface area contributed by atoms with E-state index in [2.05, 4.69) is 15.9 Å². The Morgan fingerprint density at radius 2 is 1.79 bits per heavy atom. The average Bonchev–Trinajstić information content (AvgIpc) is 2.37. The van der Waals surface area contributed by atoms with Crippen molar-refractivity contribution in [3.05, 3.63) is 63.6 Å². The highest BCUT2D eigenvalue weighted by molar-refractivity contribution is 9.10. The molecule has 19 heavy (non-hydrogen) atoms. The first kappa shape index (κ1) is 13.7. The van der Waals surface area contributed by atoms with Gasteiger partial charge in [-0.05, 0) is 46.3 Å². The maximum atomic E-state index is 13.6. The molecule has 0 unspecified atom stereocenters. The van der Waals surface area contributed by atoms with E-state index >= 15 is 0 Å². The normalized spacial score (nSPS) is 10.3. The summed E-state index contributed by atoms with van der Waals surface area (Å²) in [7, 11) is 1.50. The average molecular weight is 327 g/mol. The highest BCUT2D eigenvalue weighted by Crippen LogP contribution is 2.26. The second-order valence-electron chi connectivity index (χ2n) is 3.80. The van der Waals surface area contributed by atoms with Crippen LogP contribution in [0.25, 0.3) is 0 Å². The van der Waals surface area contributed by atoms with Gasteiger partial charge in [0.1, 0.15) is 17.4 Å². The predicted octanol–water partition coefficient (Wildman–Crippen LogP) is 3.97. The number of ether oxygens (including phenoxy) is 1. The fourth-order valence-corrected chi connectivity index (χ4v) is 2.16. The van der Waals surface area contributed by atoms with Crippen molar-refractivity contribution in [3.63, 3.8) is 0 Å². The Kier molecular flexibility index (Phi) is 3.95. The summed E-state index contributed by atoms with van der Waals surface area (Å²) < 4.78 is 31.9. The molecule has 0 aromatic heterocycles. The number of halogens is 3. The summed E-state index contributed by atoms with van der Waals surface area (Å²) in [5, 5.41) is 0. The molecule has 0 spiro atoms. The Bertz CT molecular complexity index is 641. The first-order chi connectivity index (χ1) is 9.02. The van der Waals surface area contributed by atoms with Crippen LogP contribution in [0.15, 0.2) is 40.9 Å². The Morgan fingerprint density at radius 3 is 2.37 bits per heavy atom. The Balaban J connectivity index is 2.44. The van der Waals surface area contributed by atoms with Crippen molar-refractivity contribution in [1.82, 2.24) is 0 Å². The van der Waals surface area contributed by atoms with Gasteiger partial charge in [0.15, 0.2) is 5.78 Å². The van der Waals surface area contributed by atoms with Crippen LogP contribution in [0, 0.1) is 11.6 Å². The van der Waals surface area contributed by atoms with Crippen LogP contribution < -0.4 is 4.74 Å². The van der Waals surface area contributed by atoms with Gasteiger partial charge in [-0.1, -0.05) is 0 Å². The SMILES string of the molecule is COc1ccc(C(=O)c2ccc(F)cc2F)c(Br)c1. The Hall–Kier alpha value is -1.75. The molecule has 2 nitrogen and oxygen atoms in total. The van der Waals surface area contributed by atoms with Crippen LogP contribution >= 0.6 is 15.9 Å². The lowest BCUT2D eigenvalue weighted by atomic mass is 10.0. The second-order valence-corrected chi connectivity index (χ2v) is 4.65. The van der Waals surface area contributed by atoms with Crippen molar-refractivity contribution in [1.29, 1.82) is 0 Å². The highest BCUT2D eigenvalue weighted by Gasteiger charge is 2.17. The van der Waals surface area contributed by atoms with Gasteiger partial charge in [-0.25, -0.2) is 8.78 Å². The molecule has 0 aliphatic rings. The van der Waals surface area contributed by atoms with Gasteiger partial charge in [-0.3, -0.25) is 4.79 Å². The van der Waals surface area contributed by atoms with Crippen molar-refractivity contribution < 1.29 is 18.3 Å². The zero-order valence-corrected chi connectivity index (χ0v) is 11.5. The zero-order valence-electron chi connectivity index (χ0n) is 9.91. The summed E-state index contributed by atoms with van der Waals surface area (Å²) in [6.07, 6.45) is 0. The van der Waals surface area contributed by atoms with E-state index in [0.717, 1.165) is 12.1 Å². The summed E-state index contributed by atoms with van der Waals surface area (Å²) in [5.41, 5.74) is 0.110. The fourth-order valence-electron chi connectivity index (χ4n) is 1.63. The van der Waals surface area contributed by atoms with E-state index in [-0.39, 0.29) is 11.1 Å². The minimum absolute atomic E-state index is 0.174. The molecule has 0 bridgehead atoms. The van der Waals surface area contributed by atoms with Crippen LogP contribution in [0.4, 0.5) is 8.78 Å². The summed E-state index contributed by atoms with van der Waals surface area (Å²) in [6, 6.07) is 7.59. The molecule has 0 atom stereocenters. The van der Waals surface area contributed by atoms with E-state index in [0.29, 0.717) is 16.3 Å². The third-order valence-corrected chi connectivity index (χ3v) is 3.25. The molecule has 0 aliphatic heterocycles. The number of hydrogen-bond acceptors (Lipinski definition) is 2. The van der Waals surface area contributed by atoms with Crippen molar-refractivity contribution in [2.45, 2.75) is 0 Å². The molecule has 0 heterocycles. The second kappa shape index (κ2) is 5.48. The van der Waals surface area contributed by atoms with Crippen LogP contribution in [0.1, 0.15) is 15.9 Å². The van der Waals surface area contributed by atoms with Gasteiger partial charge in [-0.15, -0.1) is 0 Å². The van der Waals surface area contributed by atoms with Crippen molar-refractivity contribution in [3.8, 4) is 5.75 Å². The van der Waals surface area contributed by atoms with Gasteiger partial charge in [-0.2, -0.15) is 0 Å². The standard InChI is InChI=1S/C14H9BrF2O2/c1-19-9-3-5-10(12(15)7-9)14(18)11-4-2-8(16)6-13(11)17/h2-7H,1H3. The summed E-state index contributed by atoms with van der Waals surface area (Å²) in [6.45, 7) is 0. The Morgan fingerprint density at radius 1 is 1.11 bits per heavy atom. The minimum atomic E-state index is -0.882. The van der Waals surface area contributed by atoms with Gasteiger partial charge in [0, 0.05) is 16.1 Å². The van der Waals surface area contributed by atoms with Crippen LogP contribution in [0.3, 0.4) is 0 Å². The topological polar surface area (TPSA) is 26.3 Å². The van der Waals surface area contributed by atoms with Crippen molar-refractivity contribution >= 4 is 21.7 Å². The van der Waals surface area contributed by atoms with Gasteiger partial charge < -0.3 is 4.74 Å². The number of ketones is 1. The molecule has 5 heteroatoms. The van der Waals surface area contributed by atoms with E-state index in [1.807, 2.05) is 0 Å². The molecule has 98 valence electrons. The first-order valence-electron chi connectivity index (χ1n) is 5.36. The van der Waals surface area contributed by atoms with Crippen molar-refractivity contribution in [2.75, 3.05) is 7.11 Å². The smallest absolute Gasteiger partial charge is 0.197 e. The monoisotopic (exact) mass is 326 g/mol. The highest BCUT2D eigenvalue weighted by atomic mass is 79.9. The van der Waals surface area contributed by atoms with Gasteiger partial charge in [0.2, 0.25) is 0 Å². The first-order valence-corrected chi connectivity index (χ1v) is 6.15. The summed E-state index contributed by atoms with van der Waals surface area (Å²) >= 11 is 3.23. The van der Waals surface area contributed by atoms with Gasteiger partial charge in [0.05, 0.1) is 12.7 Å². The number of rotatable bonds is 3. The third-order valence-electron chi connectivity index (χ3n) is 2.60. The zero-order chi connectivity index (χ0) is 14.0. The van der Waals surface area contributed by atoms with E-state index in [1.54, 1.807) is 12.1 Å². The molecule has 2 aromatic carbocycles. The van der Waals surface area contributed by atoms with Crippen LogP contribution in [0.2, 0.25) is 0 Å². The molecule has 2 rings (SSSR count). The molecule has 0 aliphatic carbocycles. The maximum Gasteiger partial charge on any atom is 0.197 e. The maximum absolute atomic E-state index is 13.6. The number of carbonyl (C=O) groups is 1. The molecule has 0 saturated heterocycles. The fraction of sp³-hybridized carbons (Fsp3) is 0.0714. The van der Waals surface area contributed by atoms with Gasteiger partial charge in [0.25, 0.3) is 0 Å². The molecule has 0 saturated carbocycles. The lowest BCUT2D eigenvalue weighted by Crippen LogP contribution is -2.05. The molecule has 0 N–H and O–H groups in total. The molecule has 0 fully saturated rings. The van der Waals surface area contributed by atoms with E-state index in [4.69, 9.17) is 4.74 Å². The number of methoxy groups -OCH3 is 1. The predicted molar refractivity (Wildman–Crippen MR) is 70.5 cm³/mol. The van der Waals surface area contributed by atoms with Crippen LogP contribution in [0.5, 0.6) is 5.75 Å². The summed E-state index contributed by atoms with van der Waals surface area (Å²) in [5.74, 6) is -1.55. The van der Waals surface area contributed by atoms with E-state index in [1.165, 1.54) is 13.2 Å². The van der Waals surface area contributed by atoms with E-state index < -0.39 is 17.4 Å². The minimum Gasteiger partial charge on any atom is -0.497 e. The lowest BCUT2D eigenvalue weighted by Gasteiger charge is -2.07. The largest absolute Gasteiger partial charge is 0.497 e.